The van der Waals surface area contributed by atoms with Crippen molar-refractivity contribution in [1.29, 1.82) is 0 Å². The van der Waals surface area contributed by atoms with E-state index in [9.17, 15) is 21.6 Å². The van der Waals surface area contributed by atoms with Gasteiger partial charge in [-0.25, -0.2) is 21.6 Å². The molecule has 1 saturated heterocycles. The maximum Gasteiger partial charge on any atom is 0.246 e. The molecule has 0 bridgehead atoms. The fourth-order valence-electron chi connectivity index (χ4n) is 3.05. The lowest BCUT2D eigenvalue weighted by atomic mass is 10.1. The number of carbonyl (C=O) groups excluding carboxylic acids is 1. The standard InChI is InChI=1S/C14H24N4O6S2/c1-9-13(11(3)24-15-9)26(22,23)16-10(2)14(19)18-7-5-6-12(8-18)17-25(4,20)21/h10,12,16-17H,5-8H2,1-4H3/t10-,12?/m0/s1. The highest BCUT2D eigenvalue weighted by Gasteiger charge is 2.32. The zero-order chi connectivity index (χ0) is 19.7. The van der Waals surface area contributed by atoms with Crippen LogP contribution in [0, 0.1) is 13.8 Å². The van der Waals surface area contributed by atoms with Gasteiger partial charge in [0.1, 0.15) is 10.6 Å². The predicted molar refractivity (Wildman–Crippen MR) is 93.3 cm³/mol. The topological polar surface area (TPSA) is 139 Å². The number of hydrogen-bond donors (Lipinski definition) is 2. The Balaban J connectivity index is 2.07. The monoisotopic (exact) mass is 408 g/mol. The quantitative estimate of drug-likeness (QED) is 0.647. The highest BCUT2D eigenvalue weighted by Crippen LogP contribution is 2.19. The van der Waals surface area contributed by atoms with Crippen molar-refractivity contribution in [2.24, 2.45) is 0 Å². The first kappa shape index (κ1) is 20.8. The molecule has 0 saturated carbocycles. The van der Waals surface area contributed by atoms with Gasteiger partial charge in [0.15, 0.2) is 5.76 Å². The van der Waals surface area contributed by atoms with Gasteiger partial charge in [0.2, 0.25) is 26.0 Å². The molecule has 1 amide bonds. The molecule has 1 aromatic heterocycles. The van der Waals surface area contributed by atoms with Gasteiger partial charge in [0, 0.05) is 19.1 Å². The van der Waals surface area contributed by atoms with Gasteiger partial charge in [-0.2, -0.15) is 4.72 Å². The molecular formula is C14H24N4O6S2. The van der Waals surface area contributed by atoms with Crippen molar-refractivity contribution >= 4 is 26.0 Å². The Hall–Kier alpha value is -1.50. The Morgan fingerprint density at radius 3 is 2.50 bits per heavy atom. The van der Waals surface area contributed by atoms with Crippen LogP contribution in [0.15, 0.2) is 9.42 Å². The summed E-state index contributed by atoms with van der Waals surface area (Å²) in [4.78, 5) is 14.0. The zero-order valence-electron chi connectivity index (χ0n) is 15.1. The maximum atomic E-state index is 12.6. The average Bonchev–Trinajstić information content (AvgIpc) is 2.84. The van der Waals surface area contributed by atoms with Gasteiger partial charge < -0.3 is 9.42 Å². The molecule has 2 heterocycles. The molecule has 0 spiro atoms. The summed E-state index contributed by atoms with van der Waals surface area (Å²) < 4.78 is 57.5. The minimum atomic E-state index is -3.97. The zero-order valence-corrected chi connectivity index (χ0v) is 16.8. The van der Waals surface area contributed by atoms with Crippen molar-refractivity contribution in [2.75, 3.05) is 19.3 Å². The molecule has 26 heavy (non-hydrogen) atoms. The lowest BCUT2D eigenvalue weighted by Crippen LogP contribution is -2.54. The van der Waals surface area contributed by atoms with Crippen LogP contribution in [0.4, 0.5) is 0 Å². The molecule has 1 aromatic rings. The second-order valence-electron chi connectivity index (χ2n) is 6.51. The van der Waals surface area contributed by atoms with Gasteiger partial charge in [-0.15, -0.1) is 0 Å². The van der Waals surface area contributed by atoms with Crippen molar-refractivity contribution in [3.05, 3.63) is 11.5 Å². The Morgan fingerprint density at radius 2 is 1.96 bits per heavy atom. The molecule has 2 atom stereocenters. The minimum Gasteiger partial charge on any atom is -0.360 e. The second-order valence-corrected chi connectivity index (χ2v) is 9.94. The van der Waals surface area contributed by atoms with Crippen LogP contribution in [0.1, 0.15) is 31.2 Å². The molecule has 1 fully saturated rings. The number of piperidine rings is 1. The van der Waals surface area contributed by atoms with Crippen molar-refractivity contribution in [3.8, 4) is 0 Å². The van der Waals surface area contributed by atoms with E-state index < -0.39 is 32.0 Å². The van der Waals surface area contributed by atoms with Crippen LogP contribution in [0.3, 0.4) is 0 Å². The summed E-state index contributed by atoms with van der Waals surface area (Å²) >= 11 is 0. The van der Waals surface area contributed by atoms with E-state index >= 15 is 0 Å². The van der Waals surface area contributed by atoms with E-state index in [-0.39, 0.29) is 28.9 Å². The Bertz CT molecular complexity index is 858. The first-order valence-corrected chi connectivity index (χ1v) is 11.5. The van der Waals surface area contributed by atoms with Crippen molar-refractivity contribution in [2.45, 2.75) is 50.6 Å². The summed E-state index contributed by atoms with van der Waals surface area (Å²) in [5.41, 5.74) is 0.213. The van der Waals surface area contributed by atoms with Gasteiger partial charge in [-0.3, -0.25) is 4.79 Å². The average molecular weight is 409 g/mol. The van der Waals surface area contributed by atoms with E-state index in [1.807, 2.05) is 0 Å². The molecule has 148 valence electrons. The number of aromatic nitrogens is 1. The summed E-state index contributed by atoms with van der Waals surface area (Å²) in [7, 11) is -7.35. The van der Waals surface area contributed by atoms with Gasteiger partial charge in [0.05, 0.1) is 12.3 Å². The van der Waals surface area contributed by atoms with Gasteiger partial charge in [0.25, 0.3) is 0 Å². The molecule has 10 nitrogen and oxygen atoms in total. The van der Waals surface area contributed by atoms with Crippen LogP contribution in [0.5, 0.6) is 0 Å². The first-order chi connectivity index (χ1) is 11.9. The molecule has 0 aliphatic carbocycles. The Labute approximate surface area is 153 Å². The van der Waals surface area contributed by atoms with Crippen molar-refractivity contribution in [3.63, 3.8) is 0 Å². The van der Waals surface area contributed by atoms with Crippen LogP contribution in [0.2, 0.25) is 0 Å². The number of carbonyl (C=O) groups is 1. The summed E-state index contributed by atoms with van der Waals surface area (Å²) in [5.74, 6) is -0.273. The molecule has 2 rings (SSSR count). The molecule has 1 aliphatic rings. The smallest absolute Gasteiger partial charge is 0.246 e. The molecule has 1 unspecified atom stereocenters. The van der Waals surface area contributed by atoms with Crippen molar-refractivity contribution in [1.82, 2.24) is 19.5 Å². The highest BCUT2D eigenvalue weighted by atomic mass is 32.2. The predicted octanol–water partition coefficient (Wildman–Crippen LogP) is -0.502. The third-order valence-corrected chi connectivity index (χ3v) is 6.60. The summed E-state index contributed by atoms with van der Waals surface area (Å²) in [6.07, 6.45) is 2.31. The molecule has 1 aliphatic heterocycles. The Kier molecular flexibility index (Phi) is 6.10. The minimum absolute atomic E-state index is 0.0765. The SMILES string of the molecule is Cc1noc(C)c1S(=O)(=O)N[C@@H](C)C(=O)N1CCCC(NS(C)(=O)=O)C1. The molecule has 0 radical (unpaired) electrons. The van der Waals surface area contributed by atoms with E-state index in [0.717, 1.165) is 6.26 Å². The van der Waals surface area contributed by atoms with E-state index in [1.54, 1.807) is 0 Å². The second kappa shape index (κ2) is 7.62. The number of nitrogens with one attached hydrogen (secondary N) is 2. The van der Waals surface area contributed by atoms with Crippen LogP contribution in [-0.2, 0) is 24.8 Å². The molecule has 0 aromatic carbocycles. The van der Waals surface area contributed by atoms with E-state index in [1.165, 1.54) is 25.7 Å². The summed E-state index contributed by atoms with van der Waals surface area (Å²) in [6, 6.07) is -1.39. The number of sulfonamides is 2. The number of amides is 1. The van der Waals surface area contributed by atoms with Crippen molar-refractivity contribution < 1.29 is 26.2 Å². The molecule has 12 heteroatoms. The molecule has 2 N–H and O–H groups in total. The fourth-order valence-corrected chi connectivity index (χ4v) is 5.37. The van der Waals surface area contributed by atoms with E-state index in [0.29, 0.717) is 19.4 Å². The highest BCUT2D eigenvalue weighted by molar-refractivity contribution is 7.89. The van der Waals surface area contributed by atoms with Crippen LogP contribution < -0.4 is 9.44 Å². The van der Waals surface area contributed by atoms with Gasteiger partial charge in [-0.05, 0) is 33.6 Å². The number of hydrogen-bond acceptors (Lipinski definition) is 7. The number of rotatable bonds is 6. The summed E-state index contributed by atoms with van der Waals surface area (Å²) in [5, 5.41) is 3.61. The lowest BCUT2D eigenvalue weighted by molar-refractivity contribution is -0.133. The third-order valence-electron chi connectivity index (χ3n) is 4.05. The largest absolute Gasteiger partial charge is 0.360 e. The fraction of sp³-hybridized carbons (Fsp3) is 0.714. The third kappa shape index (κ3) is 5.02. The first-order valence-electron chi connectivity index (χ1n) is 8.12. The number of aryl methyl sites for hydroxylation is 2. The van der Waals surface area contributed by atoms with Gasteiger partial charge >= 0.3 is 0 Å². The van der Waals surface area contributed by atoms with E-state index in [2.05, 4.69) is 14.6 Å². The van der Waals surface area contributed by atoms with Crippen LogP contribution in [-0.4, -0.2) is 64.2 Å². The normalized spacial score (nSPS) is 20.2. The molecular weight excluding hydrogens is 384 g/mol. The van der Waals surface area contributed by atoms with Gasteiger partial charge in [-0.1, -0.05) is 5.16 Å². The van der Waals surface area contributed by atoms with E-state index in [4.69, 9.17) is 4.52 Å². The Morgan fingerprint density at radius 1 is 1.31 bits per heavy atom. The summed E-state index contributed by atoms with van der Waals surface area (Å²) in [6.45, 7) is 5.07. The number of nitrogens with zero attached hydrogens (tertiary/aromatic N) is 2. The lowest BCUT2D eigenvalue weighted by Gasteiger charge is -2.34. The maximum absolute atomic E-state index is 12.6. The number of likely N-dealkylation sites (tertiary alicyclic amines) is 1. The van der Waals surface area contributed by atoms with Crippen LogP contribution in [0.25, 0.3) is 0 Å². The van der Waals surface area contributed by atoms with Crippen LogP contribution >= 0.6 is 0 Å².